The Morgan fingerprint density at radius 3 is 2.59 bits per heavy atom. The summed E-state index contributed by atoms with van der Waals surface area (Å²) in [6.07, 6.45) is -4.76. The van der Waals surface area contributed by atoms with Crippen LogP contribution in [0, 0.1) is 17.8 Å². The number of pyridine rings is 1. The molecule has 0 N–H and O–H groups in total. The molecule has 34 heavy (non-hydrogen) atoms. The SMILES string of the molecule is CCN1CC2C(C1)C2CN(Cc1cccc(OC(F)(F)F)c1)C(=O)c1ccc2ccccc2n1. The molecule has 178 valence electrons. The molecule has 0 bridgehead atoms. The van der Waals surface area contributed by atoms with Crippen LogP contribution in [0.5, 0.6) is 5.75 Å². The van der Waals surface area contributed by atoms with Gasteiger partial charge in [-0.25, -0.2) is 4.98 Å². The normalized spacial score (nSPS) is 21.9. The molecule has 2 aliphatic rings. The highest BCUT2D eigenvalue weighted by atomic mass is 19.4. The Balaban J connectivity index is 1.38. The van der Waals surface area contributed by atoms with Crippen LogP contribution in [0.1, 0.15) is 23.0 Å². The lowest BCUT2D eigenvalue weighted by Crippen LogP contribution is -2.35. The molecule has 5 nitrogen and oxygen atoms in total. The Morgan fingerprint density at radius 2 is 1.85 bits per heavy atom. The van der Waals surface area contributed by atoms with Crippen LogP contribution in [0.2, 0.25) is 0 Å². The van der Waals surface area contributed by atoms with Gasteiger partial charge in [-0.15, -0.1) is 13.2 Å². The van der Waals surface area contributed by atoms with Gasteiger partial charge in [0.1, 0.15) is 11.4 Å². The van der Waals surface area contributed by atoms with Gasteiger partial charge in [-0.1, -0.05) is 43.3 Å². The van der Waals surface area contributed by atoms with Gasteiger partial charge in [-0.2, -0.15) is 0 Å². The van der Waals surface area contributed by atoms with Crippen molar-refractivity contribution >= 4 is 16.8 Å². The summed E-state index contributed by atoms with van der Waals surface area (Å²) in [7, 11) is 0. The topological polar surface area (TPSA) is 45.7 Å². The average molecular weight is 470 g/mol. The zero-order valence-electron chi connectivity index (χ0n) is 18.8. The first-order chi connectivity index (χ1) is 16.3. The minimum Gasteiger partial charge on any atom is -0.406 e. The Hall–Kier alpha value is -3.13. The van der Waals surface area contributed by atoms with Crippen molar-refractivity contribution in [2.45, 2.75) is 19.8 Å². The van der Waals surface area contributed by atoms with Crippen LogP contribution in [0.25, 0.3) is 10.9 Å². The van der Waals surface area contributed by atoms with Crippen molar-refractivity contribution in [3.63, 3.8) is 0 Å². The first-order valence-corrected chi connectivity index (χ1v) is 11.5. The summed E-state index contributed by atoms with van der Waals surface area (Å²) in [4.78, 5) is 22.3. The summed E-state index contributed by atoms with van der Waals surface area (Å²) >= 11 is 0. The molecule has 1 aliphatic heterocycles. The van der Waals surface area contributed by atoms with Gasteiger partial charge in [-0.3, -0.25) is 4.79 Å². The van der Waals surface area contributed by atoms with E-state index in [0.29, 0.717) is 35.6 Å². The number of nitrogens with zero attached hydrogens (tertiary/aromatic N) is 3. The van der Waals surface area contributed by atoms with Crippen molar-refractivity contribution < 1.29 is 22.7 Å². The number of rotatable bonds is 7. The molecule has 2 heterocycles. The third-order valence-electron chi connectivity index (χ3n) is 6.94. The third kappa shape index (κ3) is 4.87. The number of piperidine rings is 1. The number of fused-ring (bicyclic) bond motifs is 2. The molecule has 0 spiro atoms. The van der Waals surface area contributed by atoms with E-state index in [9.17, 15) is 18.0 Å². The number of benzene rings is 2. The highest BCUT2D eigenvalue weighted by molar-refractivity contribution is 5.95. The zero-order valence-corrected chi connectivity index (χ0v) is 18.8. The number of alkyl halides is 3. The van der Waals surface area contributed by atoms with Crippen molar-refractivity contribution in [1.82, 2.24) is 14.8 Å². The van der Waals surface area contributed by atoms with Gasteiger partial charge in [-0.05, 0) is 54.1 Å². The van der Waals surface area contributed by atoms with Gasteiger partial charge < -0.3 is 14.5 Å². The zero-order chi connectivity index (χ0) is 23.9. The lowest BCUT2D eigenvalue weighted by atomic mass is 10.1. The first kappa shape index (κ1) is 22.7. The molecule has 5 rings (SSSR count). The second-order valence-electron chi connectivity index (χ2n) is 9.11. The number of carbonyl (C=O) groups is 1. The number of aromatic nitrogens is 1. The van der Waals surface area contributed by atoms with Crippen LogP contribution >= 0.6 is 0 Å². The molecule has 1 amide bonds. The minimum atomic E-state index is -4.76. The van der Waals surface area contributed by atoms with E-state index in [1.165, 1.54) is 18.2 Å². The number of likely N-dealkylation sites (tertiary alicyclic amines) is 1. The largest absolute Gasteiger partial charge is 0.573 e. The summed E-state index contributed by atoms with van der Waals surface area (Å²) in [6, 6.07) is 17.0. The third-order valence-corrected chi connectivity index (χ3v) is 6.94. The maximum absolute atomic E-state index is 13.6. The number of carbonyl (C=O) groups excluding carboxylic acids is 1. The molecule has 2 fully saturated rings. The van der Waals surface area contributed by atoms with E-state index in [1.807, 2.05) is 30.3 Å². The first-order valence-electron chi connectivity index (χ1n) is 11.5. The molecular weight excluding hydrogens is 443 g/mol. The predicted molar refractivity (Wildman–Crippen MR) is 122 cm³/mol. The lowest BCUT2D eigenvalue weighted by Gasteiger charge is -2.25. The van der Waals surface area contributed by atoms with Crippen molar-refractivity contribution in [3.8, 4) is 5.75 Å². The number of ether oxygens (including phenoxy) is 1. The van der Waals surface area contributed by atoms with Crippen LogP contribution in [-0.4, -0.2) is 53.2 Å². The molecule has 1 saturated heterocycles. The maximum atomic E-state index is 13.6. The van der Waals surface area contributed by atoms with Crippen molar-refractivity contribution in [2.75, 3.05) is 26.2 Å². The summed E-state index contributed by atoms with van der Waals surface area (Å²) in [6.45, 7) is 6.00. The van der Waals surface area contributed by atoms with Gasteiger partial charge in [0.05, 0.1) is 5.52 Å². The Morgan fingerprint density at radius 1 is 1.09 bits per heavy atom. The summed E-state index contributed by atoms with van der Waals surface area (Å²) in [5.41, 5.74) is 1.65. The molecule has 1 saturated carbocycles. The fourth-order valence-electron chi connectivity index (χ4n) is 5.15. The predicted octanol–water partition coefficient (Wildman–Crippen LogP) is 4.97. The number of hydrogen-bond donors (Lipinski definition) is 0. The Bertz CT molecular complexity index is 1190. The Kier molecular flexibility index (Phi) is 5.93. The van der Waals surface area contributed by atoms with Crippen LogP contribution in [0.15, 0.2) is 60.7 Å². The molecular formula is C26H26F3N3O2. The van der Waals surface area contributed by atoms with E-state index in [4.69, 9.17) is 0 Å². The molecule has 2 unspecified atom stereocenters. The number of halogens is 3. The Labute approximate surface area is 196 Å². The quantitative estimate of drug-likeness (QED) is 0.490. The molecule has 2 aromatic carbocycles. The van der Waals surface area contributed by atoms with Crippen molar-refractivity contribution in [2.24, 2.45) is 17.8 Å². The fourth-order valence-corrected chi connectivity index (χ4v) is 5.15. The van der Waals surface area contributed by atoms with Crippen LogP contribution in [-0.2, 0) is 6.54 Å². The van der Waals surface area contributed by atoms with E-state index >= 15 is 0 Å². The second kappa shape index (κ2) is 8.91. The van der Waals surface area contributed by atoms with E-state index in [0.717, 1.165) is 30.5 Å². The van der Waals surface area contributed by atoms with Gasteiger partial charge in [0.2, 0.25) is 0 Å². The molecule has 3 aromatic rings. The van der Waals surface area contributed by atoms with E-state index < -0.39 is 6.36 Å². The van der Waals surface area contributed by atoms with Gasteiger partial charge in [0, 0.05) is 31.6 Å². The highest BCUT2D eigenvalue weighted by Gasteiger charge is 2.55. The highest BCUT2D eigenvalue weighted by Crippen LogP contribution is 2.52. The maximum Gasteiger partial charge on any atom is 0.573 e. The molecule has 0 radical (unpaired) electrons. The molecule has 1 aliphatic carbocycles. The van der Waals surface area contributed by atoms with E-state index in [1.54, 1.807) is 17.0 Å². The monoisotopic (exact) mass is 469 g/mol. The summed E-state index contributed by atoms with van der Waals surface area (Å²) in [5.74, 6) is 1.04. The minimum absolute atomic E-state index is 0.190. The standard InChI is InChI=1S/C26H26F3N3O2/c1-2-31-14-20-21(15-31)22(20)16-32(13-17-6-5-8-19(12-17)34-26(27,28)29)25(33)24-11-10-18-7-3-4-9-23(18)30-24/h3-12,20-22H,2,13-16H2,1H3. The number of amides is 1. The fraction of sp³-hybridized carbons (Fsp3) is 0.385. The van der Waals surface area contributed by atoms with Crippen molar-refractivity contribution in [1.29, 1.82) is 0 Å². The second-order valence-corrected chi connectivity index (χ2v) is 9.11. The lowest BCUT2D eigenvalue weighted by molar-refractivity contribution is -0.274. The van der Waals surface area contributed by atoms with Crippen LogP contribution < -0.4 is 4.74 Å². The van der Waals surface area contributed by atoms with E-state index in [-0.39, 0.29) is 18.2 Å². The van der Waals surface area contributed by atoms with Crippen LogP contribution in [0.4, 0.5) is 13.2 Å². The van der Waals surface area contributed by atoms with Gasteiger partial charge in [0.25, 0.3) is 5.91 Å². The number of para-hydroxylation sites is 1. The van der Waals surface area contributed by atoms with Gasteiger partial charge in [0.15, 0.2) is 0 Å². The molecule has 2 atom stereocenters. The van der Waals surface area contributed by atoms with Crippen LogP contribution in [0.3, 0.4) is 0 Å². The summed E-state index contributed by atoms with van der Waals surface area (Å²) in [5, 5.41) is 0.944. The molecule has 1 aromatic heterocycles. The smallest absolute Gasteiger partial charge is 0.406 e. The van der Waals surface area contributed by atoms with Gasteiger partial charge >= 0.3 is 6.36 Å². The van der Waals surface area contributed by atoms with E-state index in [2.05, 4.69) is 21.5 Å². The number of hydrogen-bond acceptors (Lipinski definition) is 4. The molecule has 8 heteroatoms. The van der Waals surface area contributed by atoms with Crippen molar-refractivity contribution in [3.05, 3.63) is 71.9 Å². The average Bonchev–Trinajstić information content (AvgIpc) is 3.24. The summed E-state index contributed by atoms with van der Waals surface area (Å²) < 4.78 is 42.1.